The SMILES string of the molecule is CC=CCOc1cc2c(cc1C=O)OCO2. The van der Waals surface area contributed by atoms with E-state index in [9.17, 15) is 4.79 Å². The molecule has 1 aromatic carbocycles. The van der Waals surface area contributed by atoms with E-state index in [2.05, 4.69) is 0 Å². The standard InChI is InChI=1S/C12H12O4/c1-2-3-4-14-10-6-12-11(15-8-16-12)5-9(10)7-13/h2-3,5-7H,4,8H2,1H3. The monoisotopic (exact) mass is 220 g/mol. The van der Waals surface area contributed by atoms with Gasteiger partial charge >= 0.3 is 0 Å². The van der Waals surface area contributed by atoms with Gasteiger partial charge in [0.15, 0.2) is 17.8 Å². The van der Waals surface area contributed by atoms with Crippen LogP contribution in [0.5, 0.6) is 17.2 Å². The highest BCUT2D eigenvalue weighted by Gasteiger charge is 2.17. The van der Waals surface area contributed by atoms with Crippen molar-refractivity contribution >= 4 is 6.29 Å². The molecule has 0 amide bonds. The maximum absolute atomic E-state index is 10.9. The lowest BCUT2D eigenvalue weighted by Crippen LogP contribution is -1.97. The van der Waals surface area contributed by atoms with E-state index in [0.29, 0.717) is 29.4 Å². The summed E-state index contributed by atoms with van der Waals surface area (Å²) in [5.41, 5.74) is 0.466. The van der Waals surface area contributed by atoms with Gasteiger partial charge < -0.3 is 14.2 Å². The highest BCUT2D eigenvalue weighted by Crippen LogP contribution is 2.37. The molecule has 4 heteroatoms. The Morgan fingerprint density at radius 3 is 2.81 bits per heavy atom. The van der Waals surface area contributed by atoms with Crippen LogP contribution in [0.2, 0.25) is 0 Å². The second-order valence-corrected chi connectivity index (χ2v) is 3.24. The number of aldehydes is 1. The Labute approximate surface area is 93.4 Å². The smallest absolute Gasteiger partial charge is 0.231 e. The van der Waals surface area contributed by atoms with Crippen LogP contribution in [0, 0.1) is 0 Å². The summed E-state index contributed by atoms with van der Waals surface area (Å²) >= 11 is 0. The molecule has 1 aliphatic rings. The molecule has 0 bridgehead atoms. The third-order valence-corrected chi connectivity index (χ3v) is 2.20. The summed E-state index contributed by atoms with van der Waals surface area (Å²) in [7, 11) is 0. The van der Waals surface area contributed by atoms with E-state index in [1.54, 1.807) is 12.1 Å². The predicted molar refractivity (Wildman–Crippen MR) is 58.3 cm³/mol. The van der Waals surface area contributed by atoms with Crippen LogP contribution in [-0.4, -0.2) is 19.7 Å². The Kier molecular flexibility index (Phi) is 3.10. The van der Waals surface area contributed by atoms with Crippen molar-refractivity contribution in [1.82, 2.24) is 0 Å². The van der Waals surface area contributed by atoms with E-state index in [4.69, 9.17) is 14.2 Å². The second-order valence-electron chi connectivity index (χ2n) is 3.24. The van der Waals surface area contributed by atoms with E-state index < -0.39 is 0 Å². The Hall–Kier alpha value is -1.97. The van der Waals surface area contributed by atoms with Gasteiger partial charge in [0.2, 0.25) is 6.79 Å². The first-order valence-corrected chi connectivity index (χ1v) is 4.98. The normalized spacial score (nSPS) is 13.1. The van der Waals surface area contributed by atoms with Crippen LogP contribution in [0.25, 0.3) is 0 Å². The average molecular weight is 220 g/mol. The van der Waals surface area contributed by atoms with Gasteiger partial charge in [-0.25, -0.2) is 0 Å². The van der Waals surface area contributed by atoms with Crippen molar-refractivity contribution in [2.45, 2.75) is 6.92 Å². The Balaban J connectivity index is 2.25. The van der Waals surface area contributed by atoms with E-state index in [1.165, 1.54) is 0 Å². The molecule has 4 nitrogen and oxygen atoms in total. The summed E-state index contributed by atoms with van der Waals surface area (Å²) in [6, 6.07) is 3.30. The first kappa shape index (κ1) is 10.5. The van der Waals surface area contributed by atoms with Crippen LogP contribution in [0.3, 0.4) is 0 Å². The van der Waals surface area contributed by atoms with Crippen LogP contribution in [0.1, 0.15) is 17.3 Å². The van der Waals surface area contributed by atoms with Gasteiger partial charge in [-0.1, -0.05) is 12.2 Å². The molecule has 1 aliphatic heterocycles. The molecule has 1 heterocycles. The molecule has 0 fully saturated rings. The number of hydrogen-bond donors (Lipinski definition) is 0. The molecule has 2 rings (SSSR count). The van der Waals surface area contributed by atoms with Gasteiger partial charge in [0.25, 0.3) is 0 Å². The Bertz CT molecular complexity index is 423. The van der Waals surface area contributed by atoms with Gasteiger partial charge in [-0.3, -0.25) is 4.79 Å². The van der Waals surface area contributed by atoms with Crippen LogP contribution in [0.15, 0.2) is 24.3 Å². The van der Waals surface area contributed by atoms with Crippen molar-refractivity contribution in [2.24, 2.45) is 0 Å². The fourth-order valence-electron chi connectivity index (χ4n) is 1.39. The minimum atomic E-state index is 0.186. The highest BCUT2D eigenvalue weighted by molar-refractivity contribution is 5.81. The number of benzene rings is 1. The summed E-state index contributed by atoms with van der Waals surface area (Å²) in [4.78, 5) is 10.9. The summed E-state index contributed by atoms with van der Waals surface area (Å²) in [6.45, 7) is 2.52. The highest BCUT2D eigenvalue weighted by atomic mass is 16.7. The summed E-state index contributed by atoms with van der Waals surface area (Å²) < 4.78 is 15.8. The Morgan fingerprint density at radius 1 is 1.38 bits per heavy atom. The van der Waals surface area contributed by atoms with Gasteiger partial charge in [0, 0.05) is 6.07 Å². The maximum Gasteiger partial charge on any atom is 0.231 e. The number of allylic oxidation sites excluding steroid dienone is 1. The molecule has 0 unspecified atom stereocenters. The summed E-state index contributed by atoms with van der Waals surface area (Å²) in [5, 5.41) is 0. The minimum absolute atomic E-state index is 0.186. The molecule has 0 N–H and O–H groups in total. The molecule has 0 aliphatic carbocycles. The Morgan fingerprint density at radius 2 is 2.12 bits per heavy atom. The van der Waals surface area contributed by atoms with E-state index in [1.807, 2.05) is 19.1 Å². The zero-order valence-corrected chi connectivity index (χ0v) is 8.93. The van der Waals surface area contributed by atoms with E-state index in [0.717, 1.165) is 6.29 Å². The van der Waals surface area contributed by atoms with Crippen LogP contribution >= 0.6 is 0 Å². The zero-order chi connectivity index (χ0) is 11.4. The number of fused-ring (bicyclic) bond motifs is 1. The number of hydrogen-bond acceptors (Lipinski definition) is 4. The lowest BCUT2D eigenvalue weighted by Gasteiger charge is -2.07. The average Bonchev–Trinajstić information content (AvgIpc) is 2.75. The van der Waals surface area contributed by atoms with E-state index in [-0.39, 0.29) is 6.79 Å². The second kappa shape index (κ2) is 4.70. The number of ether oxygens (including phenoxy) is 3. The largest absolute Gasteiger partial charge is 0.489 e. The molecule has 0 atom stereocenters. The molecular weight excluding hydrogens is 208 g/mol. The molecule has 0 aromatic heterocycles. The number of carbonyl (C=O) groups excluding carboxylic acids is 1. The molecule has 0 radical (unpaired) electrons. The third kappa shape index (κ3) is 2.00. The van der Waals surface area contributed by atoms with Crippen molar-refractivity contribution in [3.8, 4) is 17.2 Å². The third-order valence-electron chi connectivity index (χ3n) is 2.20. The van der Waals surface area contributed by atoms with Crippen molar-refractivity contribution in [3.63, 3.8) is 0 Å². The topological polar surface area (TPSA) is 44.8 Å². The molecule has 0 saturated carbocycles. The fraction of sp³-hybridized carbons (Fsp3) is 0.250. The molecular formula is C12H12O4. The zero-order valence-electron chi connectivity index (χ0n) is 8.93. The lowest BCUT2D eigenvalue weighted by atomic mass is 10.2. The van der Waals surface area contributed by atoms with Gasteiger partial charge in [0.1, 0.15) is 12.4 Å². The minimum Gasteiger partial charge on any atom is -0.489 e. The van der Waals surface area contributed by atoms with Crippen LogP contribution < -0.4 is 14.2 Å². The van der Waals surface area contributed by atoms with E-state index >= 15 is 0 Å². The summed E-state index contributed by atoms with van der Waals surface area (Å²) in [5.74, 6) is 1.71. The number of rotatable bonds is 4. The van der Waals surface area contributed by atoms with Crippen molar-refractivity contribution in [1.29, 1.82) is 0 Å². The molecule has 1 aromatic rings. The van der Waals surface area contributed by atoms with Crippen molar-refractivity contribution in [3.05, 3.63) is 29.8 Å². The van der Waals surface area contributed by atoms with Gasteiger partial charge in [-0.2, -0.15) is 0 Å². The lowest BCUT2D eigenvalue weighted by molar-refractivity contribution is 0.111. The van der Waals surface area contributed by atoms with Crippen molar-refractivity contribution in [2.75, 3.05) is 13.4 Å². The first-order valence-electron chi connectivity index (χ1n) is 4.98. The van der Waals surface area contributed by atoms with Gasteiger partial charge in [-0.05, 0) is 13.0 Å². The molecule has 0 spiro atoms. The first-order chi connectivity index (χ1) is 7.85. The van der Waals surface area contributed by atoms with Crippen LogP contribution in [0.4, 0.5) is 0 Å². The molecule has 0 saturated heterocycles. The van der Waals surface area contributed by atoms with Gasteiger partial charge in [-0.15, -0.1) is 0 Å². The quantitative estimate of drug-likeness (QED) is 0.576. The molecule has 84 valence electrons. The molecule has 16 heavy (non-hydrogen) atoms. The fourth-order valence-corrected chi connectivity index (χ4v) is 1.39. The predicted octanol–water partition coefficient (Wildman–Crippen LogP) is 2.18. The summed E-state index contributed by atoms with van der Waals surface area (Å²) in [6.07, 6.45) is 4.49. The number of carbonyl (C=O) groups is 1. The van der Waals surface area contributed by atoms with Gasteiger partial charge in [0.05, 0.1) is 5.56 Å². The maximum atomic E-state index is 10.9. The van der Waals surface area contributed by atoms with Crippen molar-refractivity contribution < 1.29 is 19.0 Å². The van der Waals surface area contributed by atoms with Crippen LogP contribution in [-0.2, 0) is 0 Å².